The molecule has 3 aromatic heterocycles. The molecule has 5 heterocycles. The summed E-state index contributed by atoms with van der Waals surface area (Å²) in [6.45, 7) is 7.35. The van der Waals surface area contributed by atoms with Crippen molar-refractivity contribution in [3.8, 4) is 5.82 Å². The van der Waals surface area contributed by atoms with E-state index in [1.165, 1.54) is 0 Å². The second-order valence-corrected chi connectivity index (χ2v) is 7.15. The van der Waals surface area contributed by atoms with Crippen molar-refractivity contribution >= 4 is 28.4 Å². The molecule has 5 rings (SSSR count). The molecule has 28 heavy (non-hydrogen) atoms. The third-order valence-corrected chi connectivity index (χ3v) is 5.36. The number of fused-ring (bicyclic) bond motifs is 1. The molecule has 2 aliphatic heterocycles. The molecule has 0 aromatic carbocycles. The van der Waals surface area contributed by atoms with E-state index in [4.69, 9.17) is 20.2 Å². The SMILES string of the molecule is C[C@@H]1COCCN1c1cc(N2CCOCC2)c2c(N)nn(-c3ccn[nH]3)c2n1. The molecule has 0 amide bonds. The number of pyridine rings is 1. The van der Waals surface area contributed by atoms with E-state index in [1.54, 1.807) is 10.9 Å². The Balaban J connectivity index is 1.71. The molecule has 0 unspecified atom stereocenters. The number of nitrogen functional groups attached to an aromatic ring is 1. The molecule has 0 saturated carbocycles. The van der Waals surface area contributed by atoms with E-state index in [1.807, 2.05) is 6.07 Å². The van der Waals surface area contributed by atoms with Crippen molar-refractivity contribution in [3.05, 3.63) is 18.3 Å². The lowest BCUT2D eigenvalue weighted by Crippen LogP contribution is -2.44. The number of anilines is 3. The predicted octanol–water partition coefficient (Wildman–Crippen LogP) is 0.788. The van der Waals surface area contributed by atoms with Crippen LogP contribution in [0.3, 0.4) is 0 Å². The highest BCUT2D eigenvalue weighted by molar-refractivity contribution is 6.00. The lowest BCUT2D eigenvalue weighted by molar-refractivity contribution is 0.0985. The number of nitrogens with two attached hydrogens (primary N) is 1. The van der Waals surface area contributed by atoms with E-state index in [0.29, 0.717) is 32.2 Å². The van der Waals surface area contributed by atoms with Crippen molar-refractivity contribution in [2.45, 2.75) is 13.0 Å². The summed E-state index contributed by atoms with van der Waals surface area (Å²) in [5.74, 6) is 2.10. The van der Waals surface area contributed by atoms with Crippen molar-refractivity contribution in [3.63, 3.8) is 0 Å². The van der Waals surface area contributed by atoms with Gasteiger partial charge in [0.25, 0.3) is 0 Å². The van der Waals surface area contributed by atoms with Gasteiger partial charge in [-0.25, -0.2) is 4.98 Å². The summed E-state index contributed by atoms with van der Waals surface area (Å²) in [7, 11) is 0. The smallest absolute Gasteiger partial charge is 0.171 e. The number of nitrogens with zero attached hydrogens (tertiary/aromatic N) is 6. The van der Waals surface area contributed by atoms with Crippen molar-refractivity contribution in [2.24, 2.45) is 0 Å². The zero-order valence-electron chi connectivity index (χ0n) is 15.8. The molecular formula is C18H24N8O2. The van der Waals surface area contributed by atoms with Crippen LogP contribution in [0.1, 0.15) is 6.92 Å². The first kappa shape index (κ1) is 17.3. The van der Waals surface area contributed by atoms with E-state index in [2.05, 4.69) is 38.1 Å². The minimum absolute atomic E-state index is 0.247. The second kappa shape index (κ2) is 6.95. The molecule has 10 heteroatoms. The van der Waals surface area contributed by atoms with Crippen molar-refractivity contribution in [2.75, 3.05) is 61.6 Å². The average molecular weight is 384 g/mol. The lowest BCUT2D eigenvalue weighted by Gasteiger charge is -2.35. The molecule has 1 atom stereocenters. The van der Waals surface area contributed by atoms with Gasteiger partial charge in [-0.05, 0) is 6.92 Å². The number of aromatic amines is 1. The fraction of sp³-hybridized carbons (Fsp3) is 0.500. The quantitative estimate of drug-likeness (QED) is 0.682. The van der Waals surface area contributed by atoms with E-state index >= 15 is 0 Å². The van der Waals surface area contributed by atoms with E-state index in [9.17, 15) is 0 Å². The number of aromatic nitrogens is 5. The van der Waals surface area contributed by atoms with Crippen LogP contribution >= 0.6 is 0 Å². The van der Waals surface area contributed by atoms with Crippen LogP contribution in [0.2, 0.25) is 0 Å². The maximum Gasteiger partial charge on any atom is 0.171 e. The van der Waals surface area contributed by atoms with Crippen LogP contribution in [0.5, 0.6) is 0 Å². The number of H-pyrrole nitrogens is 1. The molecule has 3 aromatic rings. The van der Waals surface area contributed by atoms with Gasteiger partial charge < -0.3 is 25.0 Å². The number of ether oxygens (including phenoxy) is 2. The fourth-order valence-electron chi connectivity index (χ4n) is 3.91. The summed E-state index contributed by atoms with van der Waals surface area (Å²) in [6, 6.07) is 4.23. The van der Waals surface area contributed by atoms with Gasteiger partial charge in [-0.1, -0.05) is 0 Å². The third-order valence-electron chi connectivity index (χ3n) is 5.36. The van der Waals surface area contributed by atoms with Crippen molar-refractivity contribution in [1.82, 2.24) is 25.0 Å². The Morgan fingerprint density at radius 3 is 2.75 bits per heavy atom. The summed E-state index contributed by atoms with van der Waals surface area (Å²) in [4.78, 5) is 9.55. The highest BCUT2D eigenvalue weighted by atomic mass is 16.5. The maximum atomic E-state index is 6.35. The number of nitrogens with one attached hydrogen (secondary N) is 1. The van der Waals surface area contributed by atoms with Crippen LogP contribution < -0.4 is 15.5 Å². The Bertz CT molecular complexity index is 964. The highest BCUT2D eigenvalue weighted by Crippen LogP contribution is 2.36. The molecule has 2 fully saturated rings. The van der Waals surface area contributed by atoms with E-state index in [-0.39, 0.29) is 6.04 Å². The van der Waals surface area contributed by atoms with Crippen LogP contribution in [0.4, 0.5) is 17.3 Å². The van der Waals surface area contributed by atoms with Gasteiger partial charge in [-0.2, -0.15) is 9.78 Å². The first-order valence-electron chi connectivity index (χ1n) is 9.58. The largest absolute Gasteiger partial charge is 0.382 e. The van der Waals surface area contributed by atoms with Crippen molar-refractivity contribution < 1.29 is 9.47 Å². The molecule has 0 spiro atoms. The van der Waals surface area contributed by atoms with Gasteiger partial charge in [0, 0.05) is 31.8 Å². The molecule has 2 saturated heterocycles. The van der Waals surface area contributed by atoms with Crippen LogP contribution in [0.25, 0.3) is 16.9 Å². The third kappa shape index (κ3) is 2.85. The summed E-state index contributed by atoms with van der Waals surface area (Å²) in [5.41, 5.74) is 8.12. The Kier molecular flexibility index (Phi) is 4.29. The molecule has 148 valence electrons. The first-order valence-corrected chi connectivity index (χ1v) is 9.58. The molecule has 0 aliphatic carbocycles. The first-order chi connectivity index (χ1) is 13.7. The van der Waals surface area contributed by atoms with Gasteiger partial charge >= 0.3 is 0 Å². The molecular weight excluding hydrogens is 360 g/mol. The second-order valence-electron chi connectivity index (χ2n) is 7.15. The highest BCUT2D eigenvalue weighted by Gasteiger charge is 2.26. The summed E-state index contributed by atoms with van der Waals surface area (Å²) in [6.07, 6.45) is 1.69. The van der Waals surface area contributed by atoms with Gasteiger partial charge in [0.15, 0.2) is 17.3 Å². The average Bonchev–Trinajstić information content (AvgIpc) is 3.37. The van der Waals surface area contributed by atoms with Crippen LogP contribution in [0.15, 0.2) is 18.3 Å². The molecule has 3 N–H and O–H groups in total. The van der Waals surface area contributed by atoms with Gasteiger partial charge in [-0.15, -0.1) is 5.10 Å². The molecule has 10 nitrogen and oxygen atoms in total. The van der Waals surface area contributed by atoms with Gasteiger partial charge in [-0.3, -0.25) is 5.10 Å². The molecule has 0 radical (unpaired) electrons. The fourth-order valence-corrected chi connectivity index (χ4v) is 3.91. The van der Waals surface area contributed by atoms with Crippen LogP contribution in [-0.2, 0) is 9.47 Å². The lowest BCUT2D eigenvalue weighted by atomic mass is 10.2. The Morgan fingerprint density at radius 1 is 1.18 bits per heavy atom. The molecule has 2 aliphatic rings. The number of morpholine rings is 2. The number of hydrogen-bond donors (Lipinski definition) is 2. The minimum atomic E-state index is 0.247. The normalized spacial score (nSPS) is 20.8. The summed E-state index contributed by atoms with van der Waals surface area (Å²) < 4.78 is 12.9. The van der Waals surface area contributed by atoms with E-state index < -0.39 is 0 Å². The van der Waals surface area contributed by atoms with Crippen molar-refractivity contribution in [1.29, 1.82) is 0 Å². The Labute approximate surface area is 162 Å². The van der Waals surface area contributed by atoms with Crippen LogP contribution in [-0.4, -0.2) is 77.1 Å². The zero-order chi connectivity index (χ0) is 19.1. The Hall–Kier alpha value is -2.85. The predicted molar refractivity (Wildman–Crippen MR) is 106 cm³/mol. The minimum Gasteiger partial charge on any atom is -0.382 e. The summed E-state index contributed by atoms with van der Waals surface area (Å²) >= 11 is 0. The maximum absolute atomic E-state index is 6.35. The van der Waals surface area contributed by atoms with Gasteiger partial charge in [0.05, 0.1) is 49.7 Å². The summed E-state index contributed by atoms with van der Waals surface area (Å²) in [5, 5.41) is 12.4. The standard InChI is InChI=1S/C18H24N8O2/c1-12-11-28-9-6-25(12)15-10-13(24-4-7-27-8-5-24)16-17(19)23-26(18(16)21-15)14-2-3-20-22-14/h2-3,10,12H,4-9,11H2,1H3,(H2,19,23)(H,20,22)/t12-/m1/s1. The molecule has 0 bridgehead atoms. The van der Waals surface area contributed by atoms with Gasteiger partial charge in [0.2, 0.25) is 0 Å². The zero-order valence-corrected chi connectivity index (χ0v) is 15.8. The number of rotatable bonds is 3. The van der Waals surface area contributed by atoms with Crippen LogP contribution in [0, 0.1) is 0 Å². The number of hydrogen-bond acceptors (Lipinski definition) is 8. The Morgan fingerprint density at radius 2 is 2.00 bits per heavy atom. The topological polar surface area (TPSA) is 110 Å². The monoisotopic (exact) mass is 384 g/mol. The van der Waals surface area contributed by atoms with Gasteiger partial charge in [0.1, 0.15) is 5.82 Å². The van der Waals surface area contributed by atoms with E-state index in [0.717, 1.165) is 48.0 Å².